The van der Waals surface area contributed by atoms with Crippen molar-refractivity contribution in [1.82, 2.24) is 14.9 Å². The van der Waals surface area contributed by atoms with Gasteiger partial charge in [0.25, 0.3) is 5.56 Å². The van der Waals surface area contributed by atoms with Crippen LogP contribution in [0.5, 0.6) is 0 Å². The number of carbonyl (C=O) groups is 2. The lowest BCUT2D eigenvalue weighted by Gasteiger charge is -2.25. The van der Waals surface area contributed by atoms with Crippen LogP contribution in [-0.2, 0) is 14.3 Å². The Balaban J connectivity index is 2.06. The maximum Gasteiger partial charge on any atom is 0.325 e. The van der Waals surface area contributed by atoms with Crippen LogP contribution in [0.3, 0.4) is 0 Å². The summed E-state index contributed by atoms with van der Waals surface area (Å²) in [7, 11) is 0. The summed E-state index contributed by atoms with van der Waals surface area (Å²) in [6.45, 7) is 1.40. The molecule has 2 amide bonds. The average Bonchev–Trinajstić information content (AvgIpc) is 2.42. The molecular weight excluding hydrogens is 256 g/mol. The SMILES string of the molecule is O=C(Nc1c[nH]c(=O)[nH]c1=O)C(=O)N1CCOCC1. The fraction of sp³-hybridized carbons (Fsp3) is 0.400. The fourth-order valence-corrected chi connectivity index (χ4v) is 1.59. The van der Waals surface area contributed by atoms with Gasteiger partial charge in [-0.1, -0.05) is 0 Å². The van der Waals surface area contributed by atoms with Gasteiger partial charge >= 0.3 is 17.5 Å². The van der Waals surface area contributed by atoms with Gasteiger partial charge in [-0.15, -0.1) is 0 Å². The highest BCUT2D eigenvalue weighted by Gasteiger charge is 2.24. The Kier molecular flexibility index (Phi) is 3.76. The van der Waals surface area contributed by atoms with Crippen molar-refractivity contribution in [3.8, 4) is 0 Å². The van der Waals surface area contributed by atoms with Gasteiger partial charge in [-0.2, -0.15) is 0 Å². The van der Waals surface area contributed by atoms with Crippen molar-refractivity contribution < 1.29 is 14.3 Å². The van der Waals surface area contributed by atoms with Gasteiger partial charge in [0.2, 0.25) is 0 Å². The first-order chi connectivity index (χ1) is 9.08. The van der Waals surface area contributed by atoms with Crippen molar-refractivity contribution in [3.63, 3.8) is 0 Å². The number of aromatic nitrogens is 2. The van der Waals surface area contributed by atoms with Crippen LogP contribution in [0.15, 0.2) is 15.8 Å². The minimum absolute atomic E-state index is 0.189. The standard InChI is InChI=1S/C10H12N4O5/c15-7-6(5-11-10(18)13-7)12-8(16)9(17)14-1-3-19-4-2-14/h5H,1-4H2,(H,12,16)(H2,11,13,15,18). The molecule has 0 aromatic carbocycles. The zero-order valence-corrected chi connectivity index (χ0v) is 9.89. The third-order valence-electron chi connectivity index (χ3n) is 2.56. The summed E-state index contributed by atoms with van der Waals surface area (Å²) in [5.74, 6) is -1.67. The largest absolute Gasteiger partial charge is 0.378 e. The Hall–Kier alpha value is -2.42. The van der Waals surface area contributed by atoms with Gasteiger partial charge < -0.3 is 19.9 Å². The van der Waals surface area contributed by atoms with E-state index >= 15 is 0 Å². The maximum atomic E-state index is 11.8. The molecule has 1 aliphatic heterocycles. The topological polar surface area (TPSA) is 124 Å². The van der Waals surface area contributed by atoms with Crippen molar-refractivity contribution in [2.24, 2.45) is 0 Å². The number of carbonyl (C=O) groups excluding carboxylic acids is 2. The third-order valence-corrected chi connectivity index (χ3v) is 2.56. The minimum Gasteiger partial charge on any atom is -0.378 e. The molecule has 0 saturated carbocycles. The molecular formula is C10H12N4O5. The van der Waals surface area contributed by atoms with E-state index in [4.69, 9.17) is 4.74 Å². The number of H-pyrrole nitrogens is 2. The number of nitrogens with one attached hydrogen (secondary N) is 3. The number of anilines is 1. The molecule has 1 aliphatic rings. The van der Waals surface area contributed by atoms with Gasteiger partial charge in [0, 0.05) is 19.3 Å². The highest BCUT2D eigenvalue weighted by molar-refractivity contribution is 6.39. The van der Waals surface area contributed by atoms with Gasteiger partial charge in [0.15, 0.2) is 0 Å². The molecule has 1 aromatic rings. The molecule has 1 aromatic heterocycles. The molecule has 0 radical (unpaired) electrons. The van der Waals surface area contributed by atoms with E-state index in [0.717, 1.165) is 6.20 Å². The number of aromatic amines is 2. The van der Waals surface area contributed by atoms with Gasteiger partial charge in [-0.3, -0.25) is 19.4 Å². The highest BCUT2D eigenvalue weighted by Crippen LogP contribution is 2.00. The van der Waals surface area contributed by atoms with Crippen molar-refractivity contribution in [2.75, 3.05) is 31.6 Å². The van der Waals surface area contributed by atoms with E-state index in [-0.39, 0.29) is 5.69 Å². The molecule has 1 saturated heterocycles. The summed E-state index contributed by atoms with van der Waals surface area (Å²) >= 11 is 0. The zero-order chi connectivity index (χ0) is 13.8. The van der Waals surface area contributed by atoms with Crippen LogP contribution in [0.4, 0.5) is 5.69 Å². The molecule has 9 nitrogen and oxygen atoms in total. The number of nitrogens with zero attached hydrogens (tertiary/aromatic N) is 1. The maximum absolute atomic E-state index is 11.8. The van der Waals surface area contributed by atoms with E-state index in [2.05, 4.69) is 10.3 Å². The Labute approximate surface area is 106 Å². The Morgan fingerprint density at radius 1 is 1.26 bits per heavy atom. The molecule has 19 heavy (non-hydrogen) atoms. The fourth-order valence-electron chi connectivity index (χ4n) is 1.59. The molecule has 102 valence electrons. The first kappa shape index (κ1) is 13.0. The van der Waals surface area contributed by atoms with Crippen LogP contribution < -0.4 is 16.6 Å². The number of hydrogen-bond donors (Lipinski definition) is 3. The van der Waals surface area contributed by atoms with Crippen molar-refractivity contribution in [1.29, 1.82) is 0 Å². The van der Waals surface area contributed by atoms with Crippen LogP contribution in [0.2, 0.25) is 0 Å². The number of hydrogen-bond acceptors (Lipinski definition) is 5. The molecule has 2 heterocycles. The summed E-state index contributed by atoms with van der Waals surface area (Å²) < 4.78 is 5.06. The van der Waals surface area contributed by atoms with Crippen molar-refractivity contribution >= 4 is 17.5 Å². The van der Waals surface area contributed by atoms with Crippen LogP contribution >= 0.6 is 0 Å². The molecule has 9 heteroatoms. The smallest absolute Gasteiger partial charge is 0.325 e. The molecule has 0 spiro atoms. The van der Waals surface area contributed by atoms with Gasteiger partial charge in [0.1, 0.15) is 5.69 Å². The molecule has 0 bridgehead atoms. The monoisotopic (exact) mass is 268 g/mol. The lowest BCUT2D eigenvalue weighted by molar-refractivity contribution is -0.145. The van der Waals surface area contributed by atoms with Crippen LogP contribution in [0, 0.1) is 0 Å². The molecule has 2 rings (SSSR count). The number of rotatable bonds is 1. The van der Waals surface area contributed by atoms with Crippen molar-refractivity contribution in [3.05, 3.63) is 27.0 Å². The number of amides is 2. The Morgan fingerprint density at radius 2 is 1.95 bits per heavy atom. The third kappa shape index (κ3) is 3.07. The number of morpholine rings is 1. The minimum atomic E-state index is -0.931. The summed E-state index contributed by atoms with van der Waals surface area (Å²) in [5, 5.41) is 2.15. The lowest BCUT2D eigenvalue weighted by Crippen LogP contribution is -2.46. The second-order valence-corrected chi connectivity index (χ2v) is 3.84. The van der Waals surface area contributed by atoms with Crippen LogP contribution in [-0.4, -0.2) is 53.0 Å². The average molecular weight is 268 g/mol. The molecule has 0 aliphatic carbocycles. The van der Waals surface area contributed by atoms with Crippen LogP contribution in [0.1, 0.15) is 0 Å². The lowest BCUT2D eigenvalue weighted by atomic mass is 10.3. The van der Waals surface area contributed by atoms with E-state index < -0.39 is 23.1 Å². The molecule has 0 atom stereocenters. The van der Waals surface area contributed by atoms with E-state index in [1.54, 1.807) is 0 Å². The van der Waals surface area contributed by atoms with Gasteiger partial charge in [-0.25, -0.2) is 4.79 Å². The summed E-state index contributed by atoms with van der Waals surface area (Å²) in [6, 6.07) is 0. The Morgan fingerprint density at radius 3 is 2.58 bits per heavy atom. The number of ether oxygens (including phenoxy) is 1. The second kappa shape index (κ2) is 5.48. The normalized spacial score (nSPS) is 15.1. The van der Waals surface area contributed by atoms with Gasteiger partial charge in [-0.05, 0) is 0 Å². The molecule has 0 unspecified atom stereocenters. The highest BCUT2D eigenvalue weighted by atomic mass is 16.5. The Bertz CT molecular complexity index is 598. The first-order valence-electron chi connectivity index (χ1n) is 5.58. The predicted molar refractivity (Wildman–Crippen MR) is 63.7 cm³/mol. The van der Waals surface area contributed by atoms with E-state index in [1.165, 1.54) is 4.90 Å². The molecule has 1 fully saturated rings. The van der Waals surface area contributed by atoms with E-state index in [9.17, 15) is 19.2 Å². The summed E-state index contributed by atoms with van der Waals surface area (Å²) in [4.78, 5) is 51.0. The first-order valence-corrected chi connectivity index (χ1v) is 5.58. The van der Waals surface area contributed by atoms with E-state index in [1.807, 2.05) is 4.98 Å². The zero-order valence-electron chi connectivity index (χ0n) is 9.89. The summed E-state index contributed by atoms with van der Waals surface area (Å²) in [6.07, 6.45) is 1.03. The predicted octanol–water partition coefficient (Wildman–Crippen LogP) is -2.14. The summed E-state index contributed by atoms with van der Waals surface area (Å²) in [5.41, 5.74) is -1.65. The van der Waals surface area contributed by atoms with Crippen LogP contribution in [0.25, 0.3) is 0 Å². The molecule has 3 N–H and O–H groups in total. The second-order valence-electron chi connectivity index (χ2n) is 3.84. The quantitative estimate of drug-likeness (QED) is 0.501. The van der Waals surface area contributed by atoms with E-state index in [0.29, 0.717) is 26.3 Å². The van der Waals surface area contributed by atoms with Gasteiger partial charge in [0.05, 0.1) is 13.2 Å². The van der Waals surface area contributed by atoms with Crippen molar-refractivity contribution in [2.45, 2.75) is 0 Å².